The number of amides is 1. The molecule has 104 valence electrons. The van der Waals surface area contributed by atoms with Gasteiger partial charge in [0.1, 0.15) is 5.88 Å². The molecule has 18 heavy (non-hydrogen) atoms. The van der Waals surface area contributed by atoms with E-state index in [1.807, 2.05) is 20.8 Å². The zero-order valence-electron chi connectivity index (χ0n) is 11.3. The highest BCUT2D eigenvalue weighted by Gasteiger charge is 2.24. The smallest absolute Gasteiger partial charge is 0.242 e. The van der Waals surface area contributed by atoms with E-state index >= 15 is 0 Å². The van der Waals surface area contributed by atoms with Gasteiger partial charge in [-0.1, -0.05) is 0 Å². The lowest BCUT2D eigenvalue weighted by Crippen LogP contribution is -2.42. The van der Waals surface area contributed by atoms with Crippen LogP contribution in [0.4, 0.5) is 5.69 Å². The molecule has 0 saturated carbocycles. The average Bonchev–Trinajstić information content (AvgIpc) is 2.61. The summed E-state index contributed by atoms with van der Waals surface area (Å²) in [5, 5.41) is 2.05. The Morgan fingerprint density at radius 2 is 2.17 bits per heavy atom. The third-order valence-electron chi connectivity index (χ3n) is 2.59. The summed E-state index contributed by atoms with van der Waals surface area (Å²) in [4.78, 5) is 14.9. The van der Waals surface area contributed by atoms with Crippen LogP contribution in [0.2, 0.25) is 0 Å². The molecule has 1 rings (SSSR count). The minimum atomic E-state index is -0.0826. The number of methoxy groups -OCH3 is 1. The van der Waals surface area contributed by atoms with Crippen LogP contribution in [0.5, 0.6) is 0 Å². The second-order valence-corrected chi connectivity index (χ2v) is 5.38. The van der Waals surface area contributed by atoms with Crippen molar-refractivity contribution in [1.29, 1.82) is 0 Å². The first-order valence-corrected chi connectivity index (χ1v) is 6.86. The van der Waals surface area contributed by atoms with Gasteiger partial charge >= 0.3 is 0 Å². The Morgan fingerprint density at radius 3 is 2.56 bits per heavy atom. The maximum Gasteiger partial charge on any atom is 0.242 e. The molecule has 6 heteroatoms. The van der Waals surface area contributed by atoms with Gasteiger partial charge in [-0.15, -0.1) is 22.9 Å². The number of rotatable bonds is 5. The van der Waals surface area contributed by atoms with Crippen LogP contribution in [-0.2, 0) is 9.53 Å². The molecule has 0 aliphatic rings. The summed E-state index contributed by atoms with van der Waals surface area (Å²) in [5.41, 5.74) is 2.08. The Labute approximate surface area is 117 Å². The molecular weight excluding hydrogens is 272 g/mol. The number of carbonyl (C=O) groups is 1. The molecule has 0 saturated heterocycles. The standard InChI is InChI=1S/C12H18ClNO2S.H3N/c1-8-7-17-10(3)12(8)14(11(15)5-13)9(2)6-16-4;/h7,9H,5-6H2,1-4H3;1H3/t9-;/m0./s1. The number of aryl methyl sites for hydroxylation is 2. The fourth-order valence-electron chi connectivity index (χ4n) is 1.90. The predicted molar refractivity (Wildman–Crippen MR) is 78.4 cm³/mol. The van der Waals surface area contributed by atoms with Crippen molar-refractivity contribution < 1.29 is 9.53 Å². The van der Waals surface area contributed by atoms with E-state index in [-0.39, 0.29) is 24.0 Å². The summed E-state index contributed by atoms with van der Waals surface area (Å²) in [6.45, 7) is 6.48. The summed E-state index contributed by atoms with van der Waals surface area (Å²) in [6.07, 6.45) is 0. The van der Waals surface area contributed by atoms with Crippen molar-refractivity contribution in [1.82, 2.24) is 6.15 Å². The van der Waals surface area contributed by atoms with E-state index in [2.05, 4.69) is 5.38 Å². The van der Waals surface area contributed by atoms with E-state index in [1.165, 1.54) is 0 Å². The van der Waals surface area contributed by atoms with Gasteiger partial charge in [0.2, 0.25) is 5.91 Å². The van der Waals surface area contributed by atoms with Crippen LogP contribution >= 0.6 is 22.9 Å². The molecule has 4 nitrogen and oxygen atoms in total. The first kappa shape index (κ1) is 17.4. The quantitative estimate of drug-likeness (QED) is 0.848. The molecule has 1 aromatic heterocycles. The van der Waals surface area contributed by atoms with Crippen LogP contribution in [0.3, 0.4) is 0 Å². The molecule has 0 unspecified atom stereocenters. The highest BCUT2D eigenvalue weighted by molar-refractivity contribution is 7.10. The molecule has 0 fully saturated rings. The highest BCUT2D eigenvalue weighted by atomic mass is 35.5. The molecule has 1 heterocycles. The largest absolute Gasteiger partial charge is 0.383 e. The lowest BCUT2D eigenvalue weighted by molar-refractivity contribution is -0.116. The maximum atomic E-state index is 12.0. The normalized spacial score (nSPS) is 11.8. The Balaban J connectivity index is 0.00000289. The van der Waals surface area contributed by atoms with Gasteiger partial charge in [-0.25, -0.2) is 0 Å². The van der Waals surface area contributed by atoms with Gasteiger partial charge in [0.25, 0.3) is 0 Å². The van der Waals surface area contributed by atoms with Crippen molar-refractivity contribution in [3.05, 3.63) is 15.8 Å². The fraction of sp³-hybridized carbons (Fsp3) is 0.583. The maximum absolute atomic E-state index is 12.0. The topological polar surface area (TPSA) is 64.5 Å². The Kier molecular flexibility index (Phi) is 7.47. The van der Waals surface area contributed by atoms with Crippen LogP contribution in [0.15, 0.2) is 5.38 Å². The second-order valence-electron chi connectivity index (χ2n) is 4.03. The number of ether oxygens (including phenoxy) is 1. The summed E-state index contributed by atoms with van der Waals surface area (Å²) in [6, 6.07) is -0.0155. The van der Waals surface area contributed by atoms with E-state index in [9.17, 15) is 4.79 Å². The van der Waals surface area contributed by atoms with Crippen molar-refractivity contribution in [2.24, 2.45) is 0 Å². The van der Waals surface area contributed by atoms with E-state index in [0.29, 0.717) is 6.61 Å². The molecule has 3 N–H and O–H groups in total. The van der Waals surface area contributed by atoms with E-state index in [4.69, 9.17) is 16.3 Å². The van der Waals surface area contributed by atoms with Gasteiger partial charge in [0.15, 0.2) is 0 Å². The Morgan fingerprint density at radius 1 is 1.56 bits per heavy atom. The minimum absolute atomic E-state index is 0. The molecule has 0 spiro atoms. The predicted octanol–water partition coefficient (Wildman–Crippen LogP) is 3.13. The molecule has 0 aliphatic heterocycles. The number of hydrogen-bond donors (Lipinski definition) is 1. The van der Waals surface area contributed by atoms with E-state index in [0.717, 1.165) is 16.1 Å². The number of halogens is 1. The van der Waals surface area contributed by atoms with Crippen LogP contribution in [-0.4, -0.2) is 31.5 Å². The van der Waals surface area contributed by atoms with Gasteiger partial charge in [-0.05, 0) is 31.7 Å². The zero-order valence-corrected chi connectivity index (χ0v) is 12.9. The second kappa shape index (κ2) is 7.74. The monoisotopic (exact) mass is 292 g/mol. The van der Waals surface area contributed by atoms with Crippen molar-refractivity contribution in [2.75, 3.05) is 24.5 Å². The fourth-order valence-corrected chi connectivity index (χ4v) is 2.86. The Hall–Kier alpha value is -0.620. The van der Waals surface area contributed by atoms with Gasteiger partial charge in [-0.3, -0.25) is 4.79 Å². The first-order valence-electron chi connectivity index (χ1n) is 5.44. The highest BCUT2D eigenvalue weighted by Crippen LogP contribution is 2.32. The molecule has 1 atom stereocenters. The lowest BCUT2D eigenvalue weighted by atomic mass is 10.2. The van der Waals surface area contributed by atoms with E-state index < -0.39 is 0 Å². The number of hydrogen-bond acceptors (Lipinski definition) is 4. The summed E-state index contributed by atoms with van der Waals surface area (Å²) in [5.74, 6) is -0.0937. The first-order chi connectivity index (χ1) is 8.02. The third kappa shape index (κ3) is 3.68. The van der Waals surface area contributed by atoms with E-state index in [1.54, 1.807) is 23.3 Å². The summed E-state index contributed by atoms with van der Waals surface area (Å²) < 4.78 is 5.12. The third-order valence-corrected chi connectivity index (χ3v) is 3.84. The molecule has 1 aromatic rings. The molecule has 1 amide bonds. The molecular formula is C12H21ClN2O2S. The summed E-state index contributed by atoms with van der Waals surface area (Å²) >= 11 is 7.33. The van der Waals surface area contributed by atoms with Crippen LogP contribution in [0.1, 0.15) is 17.4 Å². The molecule has 0 aliphatic carbocycles. The van der Waals surface area contributed by atoms with Gasteiger partial charge in [0.05, 0.1) is 18.3 Å². The zero-order chi connectivity index (χ0) is 13.0. The SMILES string of the molecule is COC[C@H](C)N(C(=O)CCl)c1c(C)csc1C.N. The van der Waals surface area contributed by atoms with Gasteiger partial charge < -0.3 is 15.8 Å². The number of anilines is 1. The Bertz CT molecular complexity index is 376. The van der Waals surface area contributed by atoms with Gasteiger partial charge in [0, 0.05) is 12.0 Å². The van der Waals surface area contributed by atoms with Crippen molar-refractivity contribution in [2.45, 2.75) is 26.8 Å². The van der Waals surface area contributed by atoms with Gasteiger partial charge in [-0.2, -0.15) is 0 Å². The van der Waals surface area contributed by atoms with Crippen molar-refractivity contribution in [3.8, 4) is 0 Å². The van der Waals surface area contributed by atoms with Crippen LogP contribution in [0.25, 0.3) is 0 Å². The molecule has 0 bridgehead atoms. The lowest BCUT2D eigenvalue weighted by Gasteiger charge is -2.29. The number of thiophene rings is 1. The molecule has 0 aromatic carbocycles. The minimum Gasteiger partial charge on any atom is -0.383 e. The number of alkyl halides is 1. The molecule has 0 radical (unpaired) electrons. The van der Waals surface area contributed by atoms with Crippen LogP contribution < -0.4 is 11.1 Å². The summed E-state index contributed by atoms with van der Waals surface area (Å²) in [7, 11) is 1.63. The van der Waals surface area contributed by atoms with Crippen LogP contribution in [0, 0.1) is 13.8 Å². The van der Waals surface area contributed by atoms with Crippen molar-refractivity contribution >= 4 is 34.5 Å². The number of nitrogens with zero attached hydrogens (tertiary/aromatic N) is 1. The number of carbonyl (C=O) groups excluding carboxylic acids is 1. The van der Waals surface area contributed by atoms with Crippen molar-refractivity contribution in [3.63, 3.8) is 0 Å². The average molecular weight is 293 g/mol.